The summed E-state index contributed by atoms with van der Waals surface area (Å²) in [6, 6.07) is 10.6. The van der Waals surface area contributed by atoms with Gasteiger partial charge in [0.25, 0.3) is 5.19 Å². The van der Waals surface area contributed by atoms with Crippen LogP contribution in [0, 0.1) is 0 Å². The number of thiazole rings is 1. The van der Waals surface area contributed by atoms with E-state index in [1.54, 1.807) is 22.7 Å². The Labute approximate surface area is 143 Å². The minimum Gasteiger partial charge on any atom is -0.469 e. The molecule has 23 heavy (non-hydrogen) atoms. The van der Waals surface area contributed by atoms with Crippen LogP contribution in [0.1, 0.15) is 0 Å². The van der Waals surface area contributed by atoms with Crippen LogP contribution in [0.5, 0.6) is 5.19 Å². The molecule has 1 aliphatic rings. The van der Waals surface area contributed by atoms with Gasteiger partial charge in [-0.3, -0.25) is 4.90 Å². The lowest BCUT2D eigenvalue weighted by atomic mass is 10.2. The molecular weight excluding hydrogens is 328 g/mol. The molecule has 0 atom stereocenters. The van der Waals surface area contributed by atoms with Gasteiger partial charge in [-0.1, -0.05) is 29.5 Å². The highest BCUT2D eigenvalue weighted by Gasteiger charge is 2.12. The van der Waals surface area contributed by atoms with Gasteiger partial charge >= 0.3 is 0 Å². The van der Waals surface area contributed by atoms with Gasteiger partial charge in [0.15, 0.2) is 0 Å². The van der Waals surface area contributed by atoms with Crippen molar-refractivity contribution in [3.8, 4) is 15.8 Å². The van der Waals surface area contributed by atoms with Crippen LogP contribution in [0.15, 0.2) is 35.7 Å². The van der Waals surface area contributed by atoms with Crippen LogP contribution in [0.4, 0.5) is 0 Å². The van der Waals surface area contributed by atoms with Crippen LogP contribution in [0.25, 0.3) is 20.7 Å². The van der Waals surface area contributed by atoms with Crippen molar-refractivity contribution < 1.29 is 9.47 Å². The second-order valence-corrected chi connectivity index (χ2v) is 7.35. The molecule has 0 unspecified atom stereocenters. The number of hydrogen-bond donors (Lipinski definition) is 0. The third-order valence-electron chi connectivity index (χ3n) is 3.90. The largest absolute Gasteiger partial charge is 0.469 e. The lowest BCUT2D eigenvalue weighted by molar-refractivity contribution is 0.0322. The zero-order chi connectivity index (χ0) is 15.5. The summed E-state index contributed by atoms with van der Waals surface area (Å²) in [4.78, 5) is 8.19. The average molecular weight is 346 g/mol. The van der Waals surface area contributed by atoms with E-state index in [1.807, 2.05) is 0 Å². The van der Waals surface area contributed by atoms with Gasteiger partial charge in [0.2, 0.25) is 0 Å². The van der Waals surface area contributed by atoms with E-state index in [0.717, 1.165) is 43.7 Å². The number of thiophene rings is 1. The highest BCUT2D eigenvalue weighted by atomic mass is 32.1. The molecule has 0 N–H and O–H groups in total. The quantitative estimate of drug-likeness (QED) is 0.705. The van der Waals surface area contributed by atoms with Crippen molar-refractivity contribution in [1.82, 2.24) is 9.88 Å². The summed E-state index contributed by atoms with van der Waals surface area (Å²) in [6.07, 6.45) is 0. The maximum atomic E-state index is 5.81. The predicted molar refractivity (Wildman–Crippen MR) is 95.7 cm³/mol. The molecule has 6 heteroatoms. The fourth-order valence-electron chi connectivity index (χ4n) is 2.63. The first-order valence-corrected chi connectivity index (χ1v) is 9.45. The van der Waals surface area contributed by atoms with Gasteiger partial charge in [0.1, 0.15) is 6.61 Å². The number of ether oxygens (including phenoxy) is 2. The highest BCUT2D eigenvalue weighted by molar-refractivity contribution is 7.22. The van der Waals surface area contributed by atoms with Crippen LogP contribution in [0.2, 0.25) is 0 Å². The SMILES string of the molecule is c1ccc2sc(-c3csc(OCCN4CCOCC4)n3)cc2c1. The van der Waals surface area contributed by atoms with E-state index < -0.39 is 0 Å². The van der Waals surface area contributed by atoms with Crippen molar-refractivity contribution in [2.45, 2.75) is 0 Å². The molecule has 1 aliphatic heterocycles. The molecule has 3 heterocycles. The van der Waals surface area contributed by atoms with Gasteiger partial charge in [-0.05, 0) is 17.5 Å². The van der Waals surface area contributed by atoms with Crippen LogP contribution in [-0.4, -0.2) is 49.3 Å². The number of nitrogens with zero attached hydrogens (tertiary/aromatic N) is 2. The summed E-state index contributed by atoms with van der Waals surface area (Å²) in [5.41, 5.74) is 1.01. The molecule has 3 aromatic rings. The minimum absolute atomic E-state index is 0.680. The van der Waals surface area contributed by atoms with Crippen molar-refractivity contribution in [2.24, 2.45) is 0 Å². The van der Waals surface area contributed by atoms with Crippen molar-refractivity contribution >= 4 is 32.8 Å². The summed E-state index contributed by atoms with van der Waals surface area (Å²) in [5, 5.41) is 4.11. The molecule has 120 valence electrons. The smallest absolute Gasteiger partial charge is 0.273 e. The number of fused-ring (bicyclic) bond motifs is 1. The predicted octanol–water partition coefficient (Wildman–Crippen LogP) is 3.74. The third kappa shape index (κ3) is 3.55. The van der Waals surface area contributed by atoms with Gasteiger partial charge in [0.05, 0.1) is 23.8 Å². The van der Waals surface area contributed by atoms with E-state index in [2.05, 4.69) is 45.6 Å². The summed E-state index contributed by atoms with van der Waals surface area (Å²) in [6.45, 7) is 5.25. The molecule has 4 rings (SSSR count). The van der Waals surface area contributed by atoms with Crippen LogP contribution >= 0.6 is 22.7 Å². The molecule has 0 bridgehead atoms. The third-order valence-corrected chi connectivity index (χ3v) is 5.79. The Bertz CT molecular complexity index is 745. The van der Waals surface area contributed by atoms with Crippen LogP contribution < -0.4 is 4.74 Å². The van der Waals surface area contributed by atoms with Crippen LogP contribution in [-0.2, 0) is 4.74 Å². The highest BCUT2D eigenvalue weighted by Crippen LogP contribution is 2.35. The molecule has 4 nitrogen and oxygen atoms in total. The number of hydrogen-bond acceptors (Lipinski definition) is 6. The molecule has 1 aromatic carbocycles. The normalized spacial score (nSPS) is 16.0. The number of benzene rings is 1. The first-order valence-electron chi connectivity index (χ1n) is 7.76. The minimum atomic E-state index is 0.680. The molecule has 0 spiro atoms. The molecule has 1 saturated heterocycles. The van der Waals surface area contributed by atoms with E-state index in [-0.39, 0.29) is 0 Å². The van der Waals surface area contributed by atoms with Gasteiger partial charge in [-0.15, -0.1) is 11.3 Å². The van der Waals surface area contributed by atoms with Crippen LogP contribution in [0.3, 0.4) is 0 Å². The van der Waals surface area contributed by atoms with Crippen molar-refractivity contribution in [2.75, 3.05) is 39.5 Å². The Balaban J connectivity index is 1.38. The Kier molecular flexibility index (Phi) is 4.57. The summed E-state index contributed by atoms with van der Waals surface area (Å²) >= 11 is 3.35. The number of aromatic nitrogens is 1. The second-order valence-electron chi connectivity index (χ2n) is 5.45. The molecular formula is C17H18N2O2S2. The first kappa shape index (κ1) is 15.1. The Hall–Kier alpha value is -1.47. The van der Waals surface area contributed by atoms with Crippen molar-refractivity contribution in [3.05, 3.63) is 35.7 Å². The fourth-order valence-corrected chi connectivity index (χ4v) is 4.42. The summed E-state index contributed by atoms with van der Waals surface area (Å²) in [7, 11) is 0. The van der Waals surface area contributed by atoms with Gasteiger partial charge in [0, 0.05) is 29.7 Å². The zero-order valence-corrected chi connectivity index (χ0v) is 14.4. The molecule has 1 fully saturated rings. The molecule has 0 amide bonds. The monoisotopic (exact) mass is 346 g/mol. The number of morpholine rings is 1. The van der Waals surface area contributed by atoms with E-state index in [1.165, 1.54) is 15.0 Å². The maximum absolute atomic E-state index is 5.81. The lowest BCUT2D eigenvalue weighted by Gasteiger charge is -2.26. The molecule has 0 aliphatic carbocycles. The van der Waals surface area contributed by atoms with Crippen molar-refractivity contribution in [3.63, 3.8) is 0 Å². The van der Waals surface area contributed by atoms with E-state index in [0.29, 0.717) is 6.61 Å². The lowest BCUT2D eigenvalue weighted by Crippen LogP contribution is -2.38. The Morgan fingerprint density at radius 1 is 1.22 bits per heavy atom. The number of rotatable bonds is 5. The average Bonchev–Trinajstić information content (AvgIpc) is 3.22. The fraction of sp³-hybridized carbons (Fsp3) is 0.353. The van der Waals surface area contributed by atoms with E-state index >= 15 is 0 Å². The van der Waals surface area contributed by atoms with E-state index in [9.17, 15) is 0 Å². The molecule has 2 aromatic heterocycles. The molecule has 0 radical (unpaired) electrons. The zero-order valence-electron chi connectivity index (χ0n) is 12.7. The maximum Gasteiger partial charge on any atom is 0.273 e. The molecule has 0 saturated carbocycles. The van der Waals surface area contributed by atoms with Gasteiger partial charge in [-0.2, -0.15) is 0 Å². The van der Waals surface area contributed by atoms with Crippen molar-refractivity contribution in [1.29, 1.82) is 0 Å². The second kappa shape index (κ2) is 6.97. The van der Waals surface area contributed by atoms with E-state index in [4.69, 9.17) is 9.47 Å². The Morgan fingerprint density at radius 2 is 2.09 bits per heavy atom. The summed E-state index contributed by atoms with van der Waals surface area (Å²) < 4.78 is 12.5. The van der Waals surface area contributed by atoms with Gasteiger partial charge < -0.3 is 9.47 Å². The Morgan fingerprint density at radius 3 is 2.96 bits per heavy atom. The summed E-state index contributed by atoms with van der Waals surface area (Å²) in [5.74, 6) is 0. The topological polar surface area (TPSA) is 34.6 Å². The standard InChI is InChI=1S/C17H18N2O2S2/c1-2-4-15-13(3-1)11-16(23-15)14-12-22-17(18-14)21-10-7-19-5-8-20-9-6-19/h1-4,11-12H,5-10H2. The first-order chi connectivity index (χ1) is 11.4. The van der Waals surface area contributed by atoms with Gasteiger partial charge in [-0.25, -0.2) is 4.98 Å².